The summed E-state index contributed by atoms with van der Waals surface area (Å²) >= 11 is 0. The number of anilines is 1. The molecule has 0 radical (unpaired) electrons. The Balaban J connectivity index is 2.09. The van der Waals surface area contributed by atoms with Gasteiger partial charge < -0.3 is 10.2 Å². The summed E-state index contributed by atoms with van der Waals surface area (Å²) in [5.41, 5.74) is 2.80. The van der Waals surface area contributed by atoms with E-state index >= 15 is 0 Å². The van der Waals surface area contributed by atoms with Gasteiger partial charge in [-0.2, -0.15) is 0 Å². The quantitative estimate of drug-likeness (QED) is 0.881. The monoisotopic (exact) mass is 246 g/mol. The van der Waals surface area contributed by atoms with E-state index in [0.29, 0.717) is 6.04 Å². The predicted molar refractivity (Wildman–Crippen MR) is 79.3 cm³/mol. The van der Waals surface area contributed by atoms with Gasteiger partial charge in [0.05, 0.1) is 0 Å². The third-order valence-corrected chi connectivity index (χ3v) is 3.69. The zero-order valence-electron chi connectivity index (χ0n) is 11.9. The second-order valence-electron chi connectivity index (χ2n) is 5.87. The highest BCUT2D eigenvalue weighted by atomic mass is 15.2. The summed E-state index contributed by atoms with van der Waals surface area (Å²) in [5.74, 6) is 0.763. The molecule has 0 spiro atoms. The van der Waals surface area contributed by atoms with Crippen molar-refractivity contribution in [2.24, 2.45) is 5.92 Å². The van der Waals surface area contributed by atoms with E-state index in [1.54, 1.807) is 0 Å². The Labute approximate surface area is 111 Å². The van der Waals surface area contributed by atoms with E-state index in [2.05, 4.69) is 55.3 Å². The molecule has 1 saturated heterocycles. The van der Waals surface area contributed by atoms with Crippen LogP contribution in [0.25, 0.3) is 0 Å². The number of nitrogens with one attached hydrogen (secondary N) is 1. The molecule has 2 rings (SSSR count). The van der Waals surface area contributed by atoms with Gasteiger partial charge in [-0.3, -0.25) is 0 Å². The Morgan fingerprint density at radius 2 is 2.11 bits per heavy atom. The topological polar surface area (TPSA) is 15.3 Å². The molecule has 0 bridgehead atoms. The standard InChI is InChI=1S/C16H26N2/c1-13(2)11-15-12-18(10-6-9-17-15)16-8-5-4-7-14(16)3/h4-5,7-8,13,15,17H,6,9-12H2,1-3H3. The third kappa shape index (κ3) is 3.49. The fourth-order valence-electron chi connectivity index (χ4n) is 2.86. The van der Waals surface area contributed by atoms with Gasteiger partial charge in [0.15, 0.2) is 0 Å². The summed E-state index contributed by atoms with van der Waals surface area (Å²) in [7, 11) is 0. The van der Waals surface area contributed by atoms with Crippen LogP contribution in [0.5, 0.6) is 0 Å². The molecule has 2 heteroatoms. The molecule has 0 aromatic heterocycles. The summed E-state index contributed by atoms with van der Waals surface area (Å²) in [6.07, 6.45) is 2.51. The van der Waals surface area contributed by atoms with Crippen molar-refractivity contribution in [2.75, 3.05) is 24.5 Å². The normalized spacial score (nSPS) is 21.1. The van der Waals surface area contributed by atoms with Gasteiger partial charge >= 0.3 is 0 Å². The number of hydrogen-bond acceptors (Lipinski definition) is 2. The number of benzene rings is 1. The van der Waals surface area contributed by atoms with Crippen molar-refractivity contribution >= 4 is 5.69 Å². The lowest BCUT2D eigenvalue weighted by molar-refractivity contribution is 0.436. The van der Waals surface area contributed by atoms with Crippen LogP contribution in [0.15, 0.2) is 24.3 Å². The Morgan fingerprint density at radius 1 is 1.33 bits per heavy atom. The minimum Gasteiger partial charge on any atom is -0.370 e. The first-order chi connectivity index (χ1) is 8.66. The number of rotatable bonds is 3. The molecular weight excluding hydrogens is 220 g/mol. The van der Waals surface area contributed by atoms with Gasteiger partial charge in [0.25, 0.3) is 0 Å². The lowest BCUT2D eigenvalue weighted by atomic mass is 10.0. The van der Waals surface area contributed by atoms with Crippen molar-refractivity contribution in [3.63, 3.8) is 0 Å². The average Bonchev–Trinajstić information content (AvgIpc) is 2.54. The van der Waals surface area contributed by atoms with Gasteiger partial charge in [-0.1, -0.05) is 32.0 Å². The van der Waals surface area contributed by atoms with Crippen LogP contribution in [0.1, 0.15) is 32.3 Å². The SMILES string of the molecule is Cc1ccccc1N1CCCNC(CC(C)C)C1. The second kappa shape index (κ2) is 6.24. The van der Waals surface area contributed by atoms with Crippen LogP contribution in [0.4, 0.5) is 5.69 Å². The molecule has 18 heavy (non-hydrogen) atoms. The molecule has 100 valence electrons. The molecule has 1 heterocycles. The summed E-state index contributed by atoms with van der Waals surface area (Å²) in [4.78, 5) is 2.56. The van der Waals surface area contributed by atoms with Gasteiger partial charge in [-0.25, -0.2) is 0 Å². The summed E-state index contributed by atoms with van der Waals surface area (Å²) in [5, 5.41) is 3.69. The molecule has 1 unspecified atom stereocenters. The Morgan fingerprint density at radius 3 is 2.83 bits per heavy atom. The van der Waals surface area contributed by atoms with Gasteiger partial charge in [-0.05, 0) is 43.9 Å². The highest BCUT2D eigenvalue weighted by molar-refractivity contribution is 5.53. The predicted octanol–water partition coefficient (Wildman–Crippen LogP) is 3.21. The minimum atomic E-state index is 0.632. The van der Waals surface area contributed by atoms with E-state index in [4.69, 9.17) is 0 Å². The van der Waals surface area contributed by atoms with Crippen molar-refractivity contribution in [2.45, 2.75) is 39.7 Å². The minimum absolute atomic E-state index is 0.632. The summed E-state index contributed by atoms with van der Waals surface area (Å²) in [6.45, 7) is 10.3. The second-order valence-corrected chi connectivity index (χ2v) is 5.87. The smallest absolute Gasteiger partial charge is 0.0396 e. The molecule has 0 aliphatic carbocycles. The molecular formula is C16H26N2. The molecule has 1 aromatic rings. The molecule has 1 fully saturated rings. The zero-order valence-corrected chi connectivity index (χ0v) is 11.9. The maximum absolute atomic E-state index is 3.69. The van der Waals surface area contributed by atoms with Crippen molar-refractivity contribution in [3.05, 3.63) is 29.8 Å². The molecule has 0 amide bonds. The maximum Gasteiger partial charge on any atom is 0.0396 e. The van der Waals surface area contributed by atoms with Gasteiger partial charge in [-0.15, -0.1) is 0 Å². The fourth-order valence-corrected chi connectivity index (χ4v) is 2.86. The van der Waals surface area contributed by atoms with E-state index in [1.165, 1.54) is 30.6 Å². The number of para-hydroxylation sites is 1. The third-order valence-electron chi connectivity index (χ3n) is 3.69. The molecule has 1 aliphatic heterocycles. The first kappa shape index (κ1) is 13.4. The average molecular weight is 246 g/mol. The molecule has 1 atom stereocenters. The van der Waals surface area contributed by atoms with Crippen LogP contribution in [-0.4, -0.2) is 25.7 Å². The van der Waals surface area contributed by atoms with Crippen LogP contribution in [-0.2, 0) is 0 Å². The van der Waals surface area contributed by atoms with Crippen LogP contribution in [0, 0.1) is 12.8 Å². The van der Waals surface area contributed by atoms with Crippen LogP contribution < -0.4 is 10.2 Å². The largest absolute Gasteiger partial charge is 0.370 e. The van der Waals surface area contributed by atoms with E-state index < -0.39 is 0 Å². The Hall–Kier alpha value is -1.02. The number of aryl methyl sites for hydroxylation is 1. The van der Waals surface area contributed by atoms with E-state index in [0.717, 1.165) is 19.0 Å². The van der Waals surface area contributed by atoms with Gasteiger partial charge in [0, 0.05) is 24.8 Å². The van der Waals surface area contributed by atoms with Crippen LogP contribution >= 0.6 is 0 Å². The van der Waals surface area contributed by atoms with E-state index in [1.807, 2.05) is 0 Å². The lowest BCUT2D eigenvalue weighted by Crippen LogP contribution is -2.38. The molecule has 2 nitrogen and oxygen atoms in total. The van der Waals surface area contributed by atoms with Gasteiger partial charge in [0.2, 0.25) is 0 Å². The van der Waals surface area contributed by atoms with E-state index in [9.17, 15) is 0 Å². The maximum atomic E-state index is 3.69. The van der Waals surface area contributed by atoms with E-state index in [-0.39, 0.29) is 0 Å². The zero-order chi connectivity index (χ0) is 13.0. The lowest BCUT2D eigenvalue weighted by Gasteiger charge is -2.28. The van der Waals surface area contributed by atoms with Crippen molar-refractivity contribution in [3.8, 4) is 0 Å². The van der Waals surface area contributed by atoms with Crippen molar-refractivity contribution < 1.29 is 0 Å². The van der Waals surface area contributed by atoms with Crippen molar-refractivity contribution in [1.82, 2.24) is 5.32 Å². The fraction of sp³-hybridized carbons (Fsp3) is 0.625. The van der Waals surface area contributed by atoms with Crippen LogP contribution in [0.2, 0.25) is 0 Å². The highest BCUT2D eigenvalue weighted by Crippen LogP contribution is 2.22. The summed E-state index contributed by atoms with van der Waals surface area (Å²) < 4.78 is 0. The molecule has 1 aliphatic rings. The molecule has 0 saturated carbocycles. The summed E-state index contributed by atoms with van der Waals surface area (Å²) in [6, 6.07) is 9.38. The molecule has 1 aromatic carbocycles. The van der Waals surface area contributed by atoms with Crippen LogP contribution in [0.3, 0.4) is 0 Å². The molecule has 1 N–H and O–H groups in total. The Bertz CT molecular complexity index is 373. The number of hydrogen-bond donors (Lipinski definition) is 1. The Kier molecular flexibility index (Phi) is 4.65. The first-order valence-corrected chi connectivity index (χ1v) is 7.21. The highest BCUT2D eigenvalue weighted by Gasteiger charge is 2.19. The first-order valence-electron chi connectivity index (χ1n) is 7.21. The van der Waals surface area contributed by atoms with Crippen molar-refractivity contribution in [1.29, 1.82) is 0 Å². The number of nitrogens with zero attached hydrogens (tertiary/aromatic N) is 1. The van der Waals surface area contributed by atoms with Gasteiger partial charge in [0.1, 0.15) is 0 Å².